The number of amides is 2. The molecule has 2 heterocycles. The van der Waals surface area contributed by atoms with Gasteiger partial charge in [0, 0.05) is 29.4 Å². The smallest absolute Gasteiger partial charge is 0.328 e. The number of rotatable bonds is 5. The molecule has 1 aromatic heterocycles. The highest BCUT2D eigenvalue weighted by Gasteiger charge is 2.18. The van der Waals surface area contributed by atoms with Crippen molar-refractivity contribution in [3.05, 3.63) is 28.0 Å². The Hall–Kier alpha value is -2.15. The lowest BCUT2D eigenvalue weighted by atomic mass is 10.3. The molecule has 1 fully saturated rings. The van der Waals surface area contributed by atoms with E-state index >= 15 is 0 Å². The number of hydrogen-bond donors (Lipinski definition) is 2. The van der Waals surface area contributed by atoms with Gasteiger partial charge in [0.2, 0.25) is 5.91 Å². The monoisotopic (exact) mass is 308 g/mol. The van der Waals surface area contributed by atoms with Gasteiger partial charge in [0.1, 0.15) is 0 Å². The van der Waals surface area contributed by atoms with Crippen molar-refractivity contribution in [3.63, 3.8) is 0 Å². The van der Waals surface area contributed by atoms with E-state index in [1.54, 1.807) is 16.3 Å². The van der Waals surface area contributed by atoms with Gasteiger partial charge in [-0.15, -0.1) is 11.3 Å². The van der Waals surface area contributed by atoms with Gasteiger partial charge >= 0.3 is 5.97 Å². The van der Waals surface area contributed by atoms with Crippen LogP contribution >= 0.6 is 11.3 Å². The van der Waals surface area contributed by atoms with Gasteiger partial charge in [-0.3, -0.25) is 9.59 Å². The predicted molar refractivity (Wildman–Crippen MR) is 79.1 cm³/mol. The molecule has 0 aromatic carbocycles. The number of likely N-dealkylation sites (tertiary alicyclic amines) is 1. The van der Waals surface area contributed by atoms with Crippen LogP contribution in [0, 0.1) is 0 Å². The number of carbonyl (C=O) groups excluding carboxylic acids is 2. The molecule has 21 heavy (non-hydrogen) atoms. The average molecular weight is 308 g/mol. The Bertz CT molecular complexity index is 573. The highest BCUT2D eigenvalue weighted by Crippen LogP contribution is 2.16. The van der Waals surface area contributed by atoms with Gasteiger partial charge < -0.3 is 15.3 Å². The second-order valence-corrected chi connectivity index (χ2v) is 5.62. The van der Waals surface area contributed by atoms with Crippen LogP contribution in [0.5, 0.6) is 0 Å². The summed E-state index contributed by atoms with van der Waals surface area (Å²) in [5.41, 5.74) is 0.430. The Labute approximate surface area is 126 Å². The molecule has 1 aliphatic rings. The molecule has 0 atom stereocenters. The van der Waals surface area contributed by atoms with Gasteiger partial charge in [-0.2, -0.15) is 0 Å². The molecular weight excluding hydrogens is 292 g/mol. The van der Waals surface area contributed by atoms with Gasteiger partial charge in [-0.25, -0.2) is 4.79 Å². The van der Waals surface area contributed by atoms with Crippen molar-refractivity contribution in [1.29, 1.82) is 0 Å². The van der Waals surface area contributed by atoms with E-state index in [2.05, 4.69) is 5.32 Å². The van der Waals surface area contributed by atoms with Crippen LogP contribution in [0.4, 0.5) is 0 Å². The minimum absolute atomic E-state index is 0.00498. The zero-order valence-corrected chi connectivity index (χ0v) is 12.2. The van der Waals surface area contributed by atoms with Crippen LogP contribution in [-0.2, 0) is 9.59 Å². The van der Waals surface area contributed by atoms with E-state index in [0.29, 0.717) is 10.4 Å². The SMILES string of the molecule is O=C(O)/C=C/c1cc(C(=O)NCC(=O)N2CCCC2)cs1. The zero-order chi connectivity index (χ0) is 15.2. The Morgan fingerprint density at radius 1 is 1.33 bits per heavy atom. The van der Waals surface area contributed by atoms with E-state index < -0.39 is 5.97 Å². The molecule has 2 amide bonds. The molecule has 6 nitrogen and oxygen atoms in total. The molecule has 2 N–H and O–H groups in total. The second kappa shape index (κ2) is 7.03. The fourth-order valence-electron chi connectivity index (χ4n) is 2.05. The molecule has 0 bridgehead atoms. The summed E-state index contributed by atoms with van der Waals surface area (Å²) in [5.74, 6) is -1.43. The summed E-state index contributed by atoms with van der Waals surface area (Å²) in [6.07, 6.45) is 4.48. The Kier molecular flexibility index (Phi) is 5.10. The van der Waals surface area contributed by atoms with Crippen LogP contribution in [0.2, 0.25) is 0 Å². The van der Waals surface area contributed by atoms with Gasteiger partial charge in [-0.05, 0) is 25.0 Å². The summed E-state index contributed by atoms with van der Waals surface area (Å²) in [4.78, 5) is 36.5. The second-order valence-electron chi connectivity index (χ2n) is 4.68. The molecule has 1 saturated heterocycles. The standard InChI is InChI=1S/C14H16N2O4S/c17-12(16-5-1-2-6-16)8-15-14(20)10-7-11(21-9-10)3-4-13(18)19/h3-4,7,9H,1-2,5-6,8H2,(H,15,20)(H,18,19)/b4-3+. The van der Waals surface area contributed by atoms with Crippen molar-refractivity contribution in [2.24, 2.45) is 0 Å². The molecule has 0 radical (unpaired) electrons. The third kappa shape index (κ3) is 4.42. The third-order valence-corrected chi connectivity index (χ3v) is 4.03. The highest BCUT2D eigenvalue weighted by molar-refractivity contribution is 7.11. The first-order chi connectivity index (χ1) is 10.1. The average Bonchev–Trinajstić information content (AvgIpc) is 3.12. The summed E-state index contributed by atoms with van der Waals surface area (Å²) in [6.45, 7) is 1.52. The summed E-state index contributed by atoms with van der Waals surface area (Å²) < 4.78 is 0. The van der Waals surface area contributed by atoms with Crippen LogP contribution in [0.1, 0.15) is 28.1 Å². The number of nitrogens with one attached hydrogen (secondary N) is 1. The summed E-state index contributed by atoms with van der Waals surface area (Å²) >= 11 is 1.27. The summed E-state index contributed by atoms with van der Waals surface area (Å²) in [5, 5.41) is 12.8. The van der Waals surface area contributed by atoms with Crippen molar-refractivity contribution >= 4 is 35.2 Å². The minimum atomic E-state index is -1.04. The molecular formula is C14H16N2O4S. The number of aliphatic carboxylic acids is 1. The number of nitrogens with zero attached hydrogens (tertiary/aromatic N) is 1. The molecule has 0 saturated carbocycles. The zero-order valence-electron chi connectivity index (χ0n) is 11.4. The maximum absolute atomic E-state index is 11.9. The molecule has 0 spiro atoms. The van der Waals surface area contributed by atoms with Gasteiger partial charge in [0.15, 0.2) is 0 Å². The minimum Gasteiger partial charge on any atom is -0.478 e. The van der Waals surface area contributed by atoms with Crippen molar-refractivity contribution in [1.82, 2.24) is 10.2 Å². The maximum atomic E-state index is 11.9. The first-order valence-corrected chi connectivity index (χ1v) is 7.50. The summed E-state index contributed by atoms with van der Waals surface area (Å²) in [7, 11) is 0. The lowest BCUT2D eigenvalue weighted by Gasteiger charge is -2.15. The van der Waals surface area contributed by atoms with E-state index in [4.69, 9.17) is 5.11 Å². The number of carboxylic acids is 1. The van der Waals surface area contributed by atoms with E-state index in [-0.39, 0.29) is 18.4 Å². The van der Waals surface area contributed by atoms with Crippen LogP contribution in [-0.4, -0.2) is 47.4 Å². The molecule has 7 heteroatoms. The van der Waals surface area contributed by atoms with Crippen LogP contribution in [0.3, 0.4) is 0 Å². The fraction of sp³-hybridized carbons (Fsp3) is 0.357. The number of thiophene rings is 1. The van der Waals surface area contributed by atoms with E-state index in [1.165, 1.54) is 17.4 Å². The Balaban J connectivity index is 1.85. The third-order valence-electron chi connectivity index (χ3n) is 3.13. The number of carbonyl (C=O) groups is 3. The van der Waals surface area contributed by atoms with Crippen LogP contribution in [0.15, 0.2) is 17.5 Å². The molecule has 0 unspecified atom stereocenters. The van der Waals surface area contributed by atoms with Gasteiger partial charge in [0.05, 0.1) is 12.1 Å². The van der Waals surface area contributed by atoms with Crippen molar-refractivity contribution in [2.75, 3.05) is 19.6 Å². The first kappa shape index (κ1) is 15.2. The number of hydrogen-bond acceptors (Lipinski definition) is 4. The van der Waals surface area contributed by atoms with Crippen molar-refractivity contribution in [2.45, 2.75) is 12.8 Å². The number of carboxylic acid groups (broad SMARTS) is 1. The Morgan fingerprint density at radius 2 is 2.05 bits per heavy atom. The van der Waals surface area contributed by atoms with E-state index in [0.717, 1.165) is 32.0 Å². The van der Waals surface area contributed by atoms with E-state index in [1.807, 2.05) is 0 Å². The molecule has 112 valence electrons. The molecule has 2 rings (SSSR count). The van der Waals surface area contributed by atoms with Gasteiger partial charge in [-0.1, -0.05) is 0 Å². The van der Waals surface area contributed by atoms with Crippen molar-refractivity contribution in [3.8, 4) is 0 Å². The maximum Gasteiger partial charge on any atom is 0.328 e. The lowest BCUT2D eigenvalue weighted by molar-refractivity contribution is -0.131. The fourth-order valence-corrected chi connectivity index (χ4v) is 2.83. The normalized spacial score (nSPS) is 14.6. The lowest BCUT2D eigenvalue weighted by Crippen LogP contribution is -2.38. The quantitative estimate of drug-likeness (QED) is 0.800. The highest BCUT2D eigenvalue weighted by atomic mass is 32.1. The molecule has 1 aliphatic heterocycles. The Morgan fingerprint density at radius 3 is 2.71 bits per heavy atom. The van der Waals surface area contributed by atoms with Crippen LogP contribution < -0.4 is 5.32 Å². The summed E-state index contributed by atoms with van der Waals surface area (Å²) in [6, 6.07) is 1.60. The van der Waals surface area contributed by atoms with Gasteiger partial charge in [0.25, 0.3) is 5.91 Å². The first-order valence-electron chi connectivity index (χ1n) is 6.62. The topological polar surface area (TPSA) is 86.7 Å². The van der Waals surface area contributed by atoms with Crippen LogP contribution in [0.25, 0.3) is 6.08 Å². The molecule has 1 aromatic rings. The van der Waals surface area contributed by atoms with E-state index in [9.17, 15) is 14.4 Å². The van der Waals surface area contributed by atoms with Crippen molar-refractivity contribution < 1.29 is 19.5 Å². The molecule has 0 aliphatic carbocycles. The largest absolute Gasteiger partial charge is 0.478 e. The predicted octanol–water partition coefficient (Wildman–Crippen LogP) is 1.20.